The molecule has 16 heavy (non-hydrogen) atoms. The van der Waals surface area contributed by atoms with E-state index in [9.17, 15) is 0 Å². The minimum Gasteiger partial charge on any atom is -0.330 e. The van der Waals surface area contributed by atoms with E-state index in [1.165, 1.54) is 22.3 Å². The van der Waals surface area contributed by atoms with Crippen LogP contribution in [0.2, 0.25) is 0 Å². The lowest BCUT2D eigenvalue weighted by molar-refractivity contribution is 0.694. The molecule has 0 fully saturated rings. The Morgan fingerprint density at radius 1 is 1.44 bits per heavy atom. The number of rotatable bonds is 4. The SMILES string of the molecule is CSCCCn1c(=S)[nH]c2c(C)cccc21. The standard InChI is InChI=1S/C12H16N2S2/c1-9-5-3-6-10-11(9)13-12(15)14(10)7-4-8-16-2/h3,5-6H,4,7-8H2,1-2H3,(H,13,15). The molecule has 0 aliphatic rings. The van der Waals surface area contributed by atoms with Gasteiger partial charge in [0.15, 0.2) is 4.77 Å². The molecule has 4 heteroatoms. The number of benzene rings is 1. The lowest BCUT2D eigenvalue weighted by atomic mass is 10.2. The molecule has 0 spiro atoms. The summed E-state index contributed by atoms with van der Waals surface area (Å²) in [6.07, 6.45) is 3.30. The van der Waals surface area contributed by atoms with E-state index in [-0.39, 0.29) is 0 Å². The molecule has 0 saturated carbocycles. The van der Waals surface area contributed by atoms with Crippen molar-refractivity contribution in [2.75, 3.05) is 12.0 Å². The Morgan fingerprint density at radius 3 is 3.00 bits per heavy atom. The van der Waals surface area contributed by atoms with E-state index < -0.39 is 0 Å². The maximum absolute atomic E-state index is 5.36. The highest BCUT2D eigenvalue weighted by molar-refractivity contribution is 7.98. The van der Waals surface area contributed by atoms with Gasteiger partial charge in [-0.15, -0.1) is 0 Å². The maximum Gasteiger partial charge on any atom is 0.178 e. The van der Waals surface area contributed by atoms with Crippen LogP contribution in [0.3, 0.4) is 0 Å². The molecule has 1 aromatic heterocycles. The van der Waals surface area contributed by atoms with Crippen LogP contribution in [0, 0.1) is 11.7 Å². The molecule has 1 N–H and O–H groups in total. The highest BCUT2D eigenvalue weighted by Gasteiger charge is 2.05. The van der Waals surface area contributed by atoms with Crippen molar-refractivity contribution >= 4 is 35.0 Å². The first-order valence-corrected chi connectivity index (χ1v) is 7.21. The molecule has 0 saturated heterocycles. The normalized spacial score (nSPS) is 11.1. The van der Waals surface area contributed by atoms with Crippen LogP contribution in [0.15, 0.2) is 18.2 Å². The van der Waals surface area contributed by atoms with Gasteiger partial charge in [0.05, 0.1) is 11.0 Å². The molecular formula is C12H16N2S2. The van der Waals surface area contributed by atoms with Gasteiger partial charge in [-0.1, -0.05) is 12.1 Å². The number of aromatic amines is 1. The van der Waals surface area contributed by atoms with Crippen LogP contribution in [-0.4, -0.2) is 21.6 Å². The van der Waals surface area contributed by atoms with Crippen LogP contribution in [0.25, 0.3) is 11.0 Å². The Kier molecular flexibility index (Phi) is 3.71. The quantitative estimate of drug-likeness (QED) is 0.660. The van der Waals surface area contributed by atoms with Crippen LogP contribution in [0.1, 0.15) is 12.0 Å². The molecule has 0 bridgehead atoms. The minimum absolute atomic E-state index is 0.838. The second-order valence-electron chi connectivity index (χ2n) is 3.90. The fourth-order valence-electron chi connectivity index (χ4n) is 1.91. The number of para-hydroxylation sites is 1. The zero-order valence-electron chi connectivity index (χ0n) is 9.62. The van der Waals surface area contributed by atoms with Gasteiger partial charge in [0.2, 0.25) is 0 Å². The molecule has 2 nitrogen and oxygen atoms in total. The smallest absolute Gasteiger partial charge is 0.178 e. The van der Waals surface area contributed by atoms with Crippen LogP contribution < -0.4 is 0 Å². The first kappa shape index (κ1) is 11.7. The van der Waals surface area contributed by atoms with Crippen LogP contribution in [-0.2, 0) is 6.54 Å². The third-order valence-electron chi connectivity index (χ3n) is 2.75. The number of fused-ring (bicyclic) bond motifs is 1. The molecule has 0 amide bonds. The summed E-state index contributed by atoms with van der Waals surface area (Å²) in [4.78, 5) is 3.29. The van der Waals surface area contributed by atoms with Gasteiger partial charge >= 0.3 is 0 Å². The van der Waals surface area contributed by atoms with Gasteiger partial charge in [-0.2, -0.15) is 11.8 Å². The Bertz CT molecular complexity index is 539. The Labute approximate surface area is 105 Å². The maximum atomic E-state index is 5.36. The van der Waals surface area contributed by atoms with Crippen molar-refractivity contribution in [3.8, 4) is 0 Å². The van der Waals surface area contributed by atoms with E-state index in [4.69, 9.17) is 12.2 Å². The zero-order valence-corrected chi connectivity index (χ0v) is 11.3. The van der Waals surface area contributed by atoms with E-state index in [1.54, 1.807) is 0 Å². The second kappa shape index (κ2) is 5.06. The zero-order chi connectivity index (χ0) is 11.5. The molecule has 1 aromatic carbocycles. The van der Waals surface area contributed by atoms with E-state index >= 15 is 0 Å². The second-order valence-corrected chi connectivity index (χ2v) is 5.27. The summed E-state index contributed by atoms with van der Waals surface area (Å²) in [5.41, 5.74) is 3.66. The summed E-state index contributed by atoms with van der Waals surface area (Å²) in [5, 5.41) is 0. The molecule has 0 aliphatic heterocycles. The summed E-state index contributed by atoms with van der Waals surface area (Å²) in [5.74, 6) is 1.18. The van der Waals surface area contributed by atoms with Crippen LogP contribution in [0.4, 0.5) is 0 Å². The van der Waals surface area contributed by atoms with Gasteiger partial charge in [-0.05, 0) is 49.2 Å². The number of nitrogens with zero attached hydrogens (tertiary/aromatic N) is 1. The van der Waals surface area contributed by atoms with Gasteiger partial charge in [0, 0.05) is 6.54 Å². The van der Waals surface area contributed by atoms with Crippen molar-refractivity contribution in [1.29, 1.82) is 0 Å². The summed E-state index contributed by atoms with van der Waals surface area (Å²) in [6, 6.07) is 6.33. The number of aryl methyl sites for hydroxylation is 2. The van der Waals surface area contributed by atoms with E-state index in [1.807, 2.05) is 11.8 Å². The van der Waals surface area contributed by atoms with Crippen LogP contribution >= 0.6 is 24.0 Å². The summed E-state index contributed by atoms with van der Waals surface area (Å²) in [7, 11) is 0. The van der Waals surface area contributed by atoms with Gasteiger partial charge in [0.25, 0.3) is 0 Å². The van der Waals surface area contributed by atoms with Crippen molar-refractivity contribution in [1.82, 2.24) is 9.55 Å². The lowest BCUT2D eigenvalue weighted by Gasteiger charge is -2.03. The summed E-state index contributed by atoms with van der Waals surface area (Å²) >= 11 is 7.24. The molecule has 0 aliphatic carbocycles. The lowest BCUT2D eigenvalue weighted by Crippen LogP contribution is -1.98. The molecule has 2 aromatic rings. The minimum atomic E-state index is 0.838. The fraction of sp³-hybridized carbons (Fsp3) is 0.417. The average Bonchev–Trinajstić information content (AvgIpc) is 2.58. The molecule has 86 valence electrons. The number of imidazole rings is 1. The van der Waals surface area contributed by atoms with Crippen molar-refractivity contribution in [3.63, 3.8) is 0 Å². The van der Waals surface area contributed by atoms with Crippen molar-refractivity contribution in [2.24, 2.45) is 0 Å². The number of thioether (sulfide) groups is 1. The van der Waals surface area contributed by atoms with Crippen molar-refractivity contribution < 1.29 is 0 Å². The average molecular weight is 252 g/mol. The molecule has 0 radical (unpaired) electrons. The Balaban J connectivity index is 2.40. The Hall–Kier alpha value is -0.740. The predicted octanol–water partition coefficient (Wildman–Crippen LogP) is 3.76. The molecule has 0 atom stereocenters. The molecule has 0 unspecified atom stereocenters. The van der Waals surface area contributed by atoms with Gasteiger partial charge in [0.1, 0.15) is 0 Å². The third kappa shape index (κ3) is 2.18. The fourth-order valence-corrected chi connectivity index (χ4v) is 2.62. The number of aromatic nitrogens is 2. The Morgan fingerprint density at radius 2 is 2.25 bits per heavy atom. The van der Waals surface area contributed by atoms with Crippen LogP contribution in [0.5, 0.6) is 0 Å². The first-order valence-electron chi connectivity index (χ1n) is 5.41. The van der Waals surface area contributed by atoms with Gasteiger partial charge in [-0.25, -0.2) is 0 Å². The molecule has 1 heterocycles. The van der Waals surface area contributed by atoms with Gasteiger partial charge in [-0.3, -0.25) is 0 Å². The van der Waals surface area contributed by atoms with E-state index in [0.717, 1.165) is 17.7 Å². The van der Waals surface area contributed by atoms with Crippen molar-refractivity contribution in [3.05, 3.63) is 28.5 Å². The number of hydrogen-bond acceptors (Lipinski definition) is 2. The highest BCUT2D eigenvalue weighted by Crippen LogP contribution is 2.18. The predicted molar refractivity (Wildman–Crippen MR) is 74.9 cm³/mol. The number of nitrogens with one attached hydrogen (secondary N) is 1. The number of H-pyrrole nitrogens is 1. The van der Waals surface area contributed by atoms with Crippen molar-refractivity contribution in [2.45, 2.75) is 19.9 Å². The number of hydrogen-bond donors (Lipinski definition) is 1. The molecule has 2 rings (SSSR count). The largest absolute Gasteiger partial charge is 0.330 e. The summed E-state index contributed by atoms with van der Waals surface area (Å²) < 4.78 is 3.04. The third-order valence-corrected chi connectivity index (χ3v) is 3.77. The summed E-state index contributed by atoms with van der Waals surface area (Å²) in [6.45, 7) is 3.11. The first-order chi connectivity index (χ1) is 7.74. The monoisotopic (exact) mass is 252 g/mol. The van der Waals surface area contributed by atoms with Gasteiger partial charge < -0.3 is 9.55 Å². The highest BCUT2D eigenvalue weighted by atomic mass is 32.2. The van der Waals surface area contributed by atoms with E-state index in [0.29, 0.717) is 0 Å². The molecular weight excluding hydrogens is 236 g/mol. The topological polar surface area (TPSA) is 20.7 Å². The van der Waals surface area contributed by atoms with E-state index in [2.05, 4.69) is 40.9 Å².